The fourth-order valence-electron chi connectivity index (χ4n) is 5.83. The summed E-state index contributed by atoms with van der Waals surface area (Å²) in [6.07, 6.45) is 2.95. The van der Waals surface area contributed by atoms with E-state index in [4.69, 9.17) is 4.84 Å². The lowest BCUT2D eigenvalue weighted by Crippen LogP contribution is -2.54. The van der Waals surface area contributed by atoms with E-state index in [9.17, 15) is 13.2 Å². The van der Waals surface area contributed by atoms with Crippen LogP contribution < -0.4 is 16.1 Å². The SMILES string of the molecule is CN(C)C1CCC(C2NOC(C3CCCN3CC3CCC(C(F)(F)F)CC3)N2)CN1. The summed E-state index contributed by atoms with van der Waals surface area (Å²) in [7, 11) is 4.21. The lowest BCUT2D eigenvalue weighted by atomic mass is 9.81. The molecule has 1 saturated carbocycles. The molecule has 3 saturated heterocycles. The van der Waals surface area contributed by atoms with Crippen molar-refractivity contribution in [2.45, 2.75) is 82.1 Å². The van der Waals surface area contributed by atoms with Crippen LogP contribution in [0.5, 0.6) is 0 Å². The van der Waals surface area contributed by atoms with Crippen LogP contribution in [0.25, 0.3) is 0 Å². The second-order valence-electron chi connectivity index (χ2n) is 9.99. The van der Waals surface area contributed by atoms with Gasteiger partial charge >= 0.3 is 6.18 Å². The maximum Gasteiger partial charge on any atom is 0.391 e. The highest BCUT2D eigenvalue weighted by Crippen LogP contribution is 2.40. The number of nitrogens with zero attached hydrogens (tertiary/aromatic N) is 2. The Bertz CT molecular complexity index is 547. The summed E-state index contributed by atoms with van der Waals surface area (Å²) in [6, 6.07) is 0.300. The van der Waals surface area contributed by atoms with Gasteiger partial charge in [0.05, 0.1) is 24.3 Å². The molecule has 3 aliphatic heterocycles. The van der Waals surface area contributed by atoms with Crippen LogP contribution in [-0.2, 0) is 4.84 Å². The molecule has 0 aromatic heterocycles. The third kappa shape index (κ3) is 5.30. The van der Waals surface area contributed by atoms with Crippen LogP contribution in [0.4, 0.5) is 13.2 Å². The van der Waals surface area contributed by atoms with E-state index < -0.39 is 12.1 Å². The zero-order valence-corrected chi connectivity index (χ0v) is 18.3. The van der Waals surface area contributed by atoms with E-state index in [1.165, 1.54) is 0 Å². The van der Waals surface area contributed by atoms with Gasteiger partial charge in [-0.25, -0.2) is 0 Å². The Balaban J connectivity index is 1.24. The van der Waals surface area contributed by atoms with Gasteiger partial charge in [-0.2, -0.15) is 18.7 Å². The molecule has 5 unspecified atom stereocenters. The summed E-state index contributed by atoms with van der Waals surface area (Å²) in [5.41, 5.74) is 3.23. The van der Waals surface area contributed by atoms with E-state index in [2.05, 4.69) is 40.0 Å². The van der Waals surface area contributed by atoms with Crippen LogP contribution in [0.1, 0.15) is 51.4 Å². The molecule has 6 nitrogen and oxygen atoms in total. The van der Waals surface area contributed by atoms with Crippen molar-refractivity contribution in [1.29, 1.82) is 0 Å². The van der Waals surface area contributed by atoms with E-state index in [1.807, 2.05) is 0 Å². The standard InChI is InChI=1S/C21H38F3N5O/c1-28(2)18-10-7-15(12-25-18)19-26-20(30-27-19)17-4-3-11-29(17)13-14-5-8-16(9-6-14)21(22,23)24/h14-20,25-27H,3-13H2,1-2H3. The summed E-state index contributed by atoms with van der Waals surface area (Å²) in [5.74, 6) is -0.234. The number of halogens is 3. The van der Waals surface area contributed by atoms with Crippen molar-refractivity contribution in [2.75, 3.05) is 33.7 Å². The summed E-state index contributed by atoms with van der Waals surface area (Å²) in [5, 5.41) is 7.27. The van der Waals surface area contributed by atoms with Gasteiger partial charge in [0.2, 0.25) is 0 Å². The Hall–Kier alpha value is -0.450. The third-order valence-corrected chi connectivity index (χ3v) is 7.75. The first-order chi connectivity index (χ1) is 14.3. The van der Waals surface area contributed by atoms with E-state index in [0.717, 1.165) is 45.3 Å². The van der Waals surface area contributed by atoms with Gasteiger partial charge in [-0.15, -0.1) is 0 Å². The topological polar surface area (TPSA) is 51.8 Å². The quantitative estimate of drug-likeness (QED) is 0.620. The molecule has 174 valence electrons. The minimum absolute atomic E-state index is 0.0458. The summed E-state index contributed by atoms with van der Waals surface area (Å²) in [6.45, 7) is 2.88. The summed E-state index contributed by atoms with van der Waals surface area (Å²) < 4.78 is 38.8. The molecule has 4 aliphatic rings. The maximum absolute atomic E-state index is 12.9. The second-order valence-corrected chi connectivity index (χ2v) is 9.99. The van der Waals surface area contributed by atoms with Crippen LogP contribution in [-0.4, -0.2) is 74.3 Å². The molecule has 4 fully saturated rings. The Morgan fingerprint density at radius 3 is 2.43 bits per heavy atom. The molecule has 9 heteroatoms. The summed E-state index contributed by atoms with van der Waals surface area (Å²) >= 11 is 0. The van der Waals surface area contributed by atoms with Gasteiger partial charge in [0, 0.05) is 19.0 Å². The first-order valence-corrected chi connectivity index (χ1v) is 11.7. The first kappa shape index (κ1) is 22.7. The molecule has 0 aromatic carbocycles. The van der Waals surface area contributed by atoms with Gasteiger partial charge in [0.25, 0.3) is 0 Å². The molecular formula is C21H38F3N5O. The van der Waals surface area contributed by atoms with Gasteiger partial charge in [-0.1, -0.05) is 0 Å². The molecule has 0 radical (unpaired) electrons. The Morgan fingerprint density at radius 1 is 1.03 bits per heavy atom. The van der Waals surface area contributed by atoms with E-state index in [0.29, 0.717) is 36.9 Å². The van der Waals surface area contributed by atoms with E-state index >= 15 is 0 Å². The molecule has 0 spiro atoms. The largest absolute Gasteiger partial charge is 0.391 e. The van der Waals surface area contributed by atoms with Crippen molar-refractivity contribution in [3.63, 3.8) is 0 Å². The number of hydrogen-bond donors (Lipinski definition) is 3. The van der Waals surface area contributed by atoms with Crippen molar-refractivity contribution in [3.8, 4) is 0 Å². The zero-order valence-electron chi connectivity index (χ0n) is 18.3. The monoisotopic (exact) mass is 433 g/mol. The molecule has 0 aromatic rings. The number of likely N-dealkylation sites (tertiary alicyclic amines) is 1. The van der Waals surface area contributed by atoms with Crippen molar-refractivity contribution in [3.05, 3.63) is 0 Å². The average Bonchev–Trinajstić information content (AvgIpc) is 3.37. The lowest BCUT2D eigenvalue weighted by molar-refractivity contribution is -0.184. The normalized spacial score (nSPS) is 41.6. The molecule has 4 rings (SSSR count). The molecule has 5 atom stereocenters. The molecule has 30 heavy (non-hydrogen) atoms. The molecule has 0 bridgehead atoms. The number of alkyl halides is 3. The molecule has 3 heterocycles. The maximum atomic E-state index is 12.9. The predicted molar refractivity (Wildman–Crippen MR) is 109 cm³/mol. The van der Waals surface area contributed by atoms with Gasteiger partial charge in [-0.3, -0.25) is 20.0 Å². The van der Waals surface area contributed by atoms with Crippen molar-refractivity contribution < 1.29 is 18.0 Å². The van der Waals surface area contributed by atoms with Crippen LogP contribution in [0, 0.1) is 17.8 Å². The number of piperidine rings is 1. The van der Waals surface area contributed by atoms with E-state index in [-0.39, 0.29) is 25.2 Å². The number of hydroxylamine groups is 1. The highest BCUT2D eigenvalue weighted by Gasteiger charge is 2.44. The Morgan fingerprint density at radius 2 is 1.80 bits per heavy atom. The highest BCUT2D eigenvalue weighted by atomic mass is 19.4. The Kier molecular flexibility index (Phi) is 7.26. The zero-order chi connectivity index (χ0) is 21.3. The van der Waals surface area contributed by atoms with Gasteiger partial charge in [0.1, 0.15) is 6.23 Å². The predicted octanol–water partition coefficient (Wildman–Crippen LogP) is 2.48. The fraction of sp³-hybridized carbons (Fsp3) is 1.00. The third-order valence-electron chi connectivity index (χ3n) is 7.75. The van der Waals surface area contributed by atoms with Crippen LogP contribution >= 0.6 is 0 Å². The van der Waals surface area contributed by atoms with Crippen LogP contribution in [0.2, 0.25) is 0 Å². The molecular weight excluding hydrogens is 395 g/mol. The van der Waals surface area contributed by atoms with Crippen LogP contribution in [0.15, 0.2) is 0 Å². The lowest BCUT2D eigenvalue weighted by Gasteiger charge is -2.36. The second kappa shape index (κ2) is 9.58. The van der Waals surface area contributed by atoms with E-state index in [1.54, 1.807) is 0 Å². The highest BCUT2D eigenvalue weighted by molar-refractivity contribution is 4.92. The van der Waals surface area contributed by atoms with Crippen molar-refractivity contribution in [2.24, 2.45) is 17.8 Å². The minimum Gasteiger partial charge on any atom is -0.301 e. The first-order valence-electron chi connectivity index (χ1n) is 11.7. The van der Waals surface area contributed by atoms with Gasteiger partial charge in [0.15, 0.2) is 0 Å². The van der Waals surface area contributed by atoms with Crippen molar-refractivity contribution >= 4 is 0 Å². The number of nitrogens with one attached hydrogen (secondary N) is 3. The van der Waals surface area contributed by atoms with Crippen molar-refractivity contribution in [1.82, 2.24) is 25.9 Å². The molecule has 1 aliphatic carbocycles. The molecule has 3 N–H and O–H groups in total. The number of rotatable bonds is 5. The number of hydrogen-bond acceptors (Lipinski definition) is 6. The average molecular weight is 434 g/mol. The fourth-order valence-corrected chi connectivity index (χ4v) is 5.83. The van der Waals surface area contributed by atoms with Gasteiger partial charge < -0.3 is 5.32 Å². The van der Waals surface area contributed by atoms with Gasteiger partial charge in [-0.05, 0) is 77.9 Å². The van der Waals surface area contributed by atoms with Crippen LogP contribution in [0.3, 0.4) is 0 Å². The summed E-state index contributed by atoms with van der Waals surface area (Å²) in [4.78, 5) is 10.7. The molecule has 0 amide bonds. The minimum atomic E-state index is -4.02. The smallest absolute Gasteiger partial charge is 0.301 e. The Labute approximate surface area is 178 Å².